The molecule has 3 saturated heterocycles. The van der Waals surface area contributed by atoms with Gasteiger partial charge in [0.15, 0.2) is 0 Å². The number of esters is 1. The molecule has 200 valence electrons. The van der Waals surface area contributed by atoms with Crippen molar-refractivity contribution >= 4 is 29.2 Å². The standard InChI is InChI=1S/C26H39ClN4O5/c1-2-34-24-14-23(28)22(27)13-21(24)26(33)29-15-20-16-30(11-12-35-20)9-4-7-25(32)36-19-6-3-5-18-8-10-31(18)17-19/h13-14,18-20H,2-12,15-17,28H2,1H3,(H,29,33). The van der Waals surface area contributed by atoms with Gasteiger partial charge in [0, 0.05) is 51.3 Å². The number of nitrogens with zero attached hydrogens (tertiary/aromatic N) is 2. The van der Waals surface area contributed by atoms with Gasteiger partial charge in [-0.05, 0) is 51.6 Å². The first-order chi connectivity index (χ1) is 17.4. The van der Waals surface area contributed by atoms with Crippen LogP contribution in [0.4, 0.5) is 5.69 Å². The molecule has 0 aliphatic carbocycles. The molecule has 3 aliphatic rings. The summed E-state index contributed by atoms with van der Waals surface area (Å²) in [6.07, 6.45) is 5.72. The molecule has 1 aromatic carbocycles. The van der Waals surface area contributed by atoms with Gasteiger partial charge in [0.05, 0.1) is 35.6 Å². The number of morpholine rings is 1. The van der Waals surface area contributed by atoms with Crippen LogP contribution in [-0.2, 0) is 14.3 Å². The molecule has 3 N–H and O–H groups in total. The lowest BCUT2D eigenvalue weighted by molar-refractivity contribution is -0.151. The van der Waals surface area contributed by atoms with Crippen molar-refractivity contribution in [2.24, 2.45) is 0 Å². The van der Waals surface area contributed by atoms with Crippen molar-refractivity contribution in [1.82, 2.24) is 15.1 Å². The minimum Gasteiger partial charge on any atom is -0.493 e. The number of nitrogens with one attached hydrogen (secondary N) is 1. The number of carbonyl (C=O) groups excluding carboxylic acids is 2. The molecule has 4 rings (SSSR count). The van der Waals surface area contributed by atoms with E-state index in [2.05, 4.69) is 15.1 Å². The Morgan fingerprint density at radius 1 is 1.22 bits per heavy atom. The normalized spacial score (nSPS) is 24.8. The first-order valence-electron chi connectivity index (χ1n) is 13.2. The number of hydrogen-bond donors (Lipinski definition) is 2. The van der Waals surface area contributed by atoms with E-state index in [1.807, 2.05) is 6.92 Å². The second-order valence-corrected chi connectivity index (χ2v) is 10.3. The number of ether oxygens (including phenoxy) is 3. The highest BCUT2D eigenvalue weighted by Crippen LogP contribution is 2.29. The Bertz CT molecular complexity index is 917. The molecule has 3 aliphatic heterocycles. The molecule has 3 unspecified atom stereocenters. The molecule has 3 atom stereocenters. The number of carbonyl (C=O) groups is 2. The molecule has 0 bridgehead atoms. The van der Waals surface area contributed by atoms with Gasteiger partial charge in [-0.25, -0.2) is 0 Å². The second kappa shape index (κ2) is 12.9. The van der Waals surface area contributed by atoms with Crippen LogP contribution in [0.5, 0.6) is 5.75 Å². The maximum atomic E-state index is 12.8. The fourth-order valence-corrected chi connectivity index (χ4v) is 5.38. The van der Waals surface area contributed by atoms with E-state index in [1.54, 1.807) is 6.07 Å². The predicted octanol–water partition coefficient (Wildman–Crippen LogP) is 2.70. The summed E-state index contributed by atoms with van der Waals surface area (Å²) >= 11 is 6.12. The number of fused-ring (bicyclic) bond motifs is 1. The van der Waals surface area contributed by atoms with Crippen molar-refractivity contribution in [1.29, 1.82) is 0 Å². The zero-order chi connectivity index (χ0) is 25.5. The number of nitrogen functional groups attached to an aromatic ring is 1. The van der Waals surface area contributed by atoms with Crippen molar-refractivity contribution in [2.75, 3.05) is 58.2 Å². The van der Waals surface area contributed by atoms with Gasteiger partial charge in [-0.1, -0.05) is 11.6 Å². The molecule has 3 fully saturated rings. The molecule has 1 aromatic rings. The maximum Gasteiger partial charge on any atom is 0.306 e. The number of anilines is 1. The van der Waals surface area contributed by atoms with Crippen LogP contribution in [0.2, 0.25) is 5.02 Å². The van der Waals surface area contributed by atoms with Gasteiger partial charge in [-0.15, -0.1) is 0 Å². The van der Waals surface area contributed by atoms with Crippen LogP contribution < -0.4 is 15.8 Å². The Morgan fingerprint density at radius 2 is 2.08 bits per heavy atom. The third kappa shape index (κ3) is 7.25. The van der Waals surface area contributed by atoms with E-state index in [-0.39, 0.29) is 24.1 Å². The Morgan fingerprint density at radius 3 is 2.86 bits per heavy atom. The lowest BCUT2D eigenvalue weighted by Crippen LogP contribution is -2.49. The van der Waals surface area contributed by atoms with E-state index < -0.39 is 0 Å². The minimum absolute atomic E-state index is 0.0401. The number of benzene rings is 1. The fraction of sp³-hybridized carbons (Fsp3) is 0.692. The first kappa shape index (κ1) is 27.0. The Kier molecular flexibility index (Phi) is 9.70. The van der Waals surface area contributed by atoms with Crippen LogP contribution in [0.15, 0.2) is 12.1 Å². The maximum absolute atomic E-state index is 12.8. The molecule has 9 nitrogen and oxygen atoms in total. The third-order valence-corrected chi connectivity index (χ3v) is 7.60. The van der Waals surface area contributed by atoms with Gasteiger partial charge >= 0.3 is 5.97 Å². The summed E-state index contributed by atoms with van der Waals surface area (Å²) in [4.78, 5) is 29.9. The molecule has 10 heteroatoms. The van der Waals surface area contributed by atoms with Gasteiger partial charge in [0.25, 0.3) is 5.91 Å². The Balaban J connectivity index is 1.17. The highest BCUT2D eigenvalue weighted by Gasteiger charge is 2.33. The predicted molar refractivity (Wildman–Crippen MR) is 138 cm³/mol. The number of hydrogen-bond acceptors (Lipinski definition) is 8. The van der Waals surface area contributed by atoms with E-state index in [1.165, 1.54) is 18.9 Å². The summed E-state index contributed by atoms with van der Waals surface area (Å²) in [6.45, 7) is 7.52. The molecule has 0 saturated carbocycles. The molecule has 0 spiro atoms. The molecular weight excluding hydrogens is 484 g/mol. The van der Waals surface area contributed by atoms with Gasteiger partial charge in [-0.2, -0.15) is 0 Å². The number of halogens is 1. The first-order valence-corrected chi connectivity index (χ1v) is 13.6. The minimum atomic E-state index is -0.285. The number of rotatable bonds is 10. The fourth-order valence-electron chi connectivity index (χ4n) is 5.21. The van der Waals surface area contributed by atoms with Crippen molar-refractivity contribution in [3.63, 3.8) is 0 Å². The van der Waals surface area contributed by atoms with Gasteiger partial charge in [0.2, 0.25) is 0 Å². The van der Waals surface area contributed by atoms with Crippen LogP contribution in [0, 0.1) is 0 Å². The molecular formula is C26H39ClN4O5. The lowest BCUT2D eigenvalue weighted by Gasteiger charge is -2.40. The summed E-state index contributed by atoms with van der Waals surface area (Å²) < 4.78 is 17.2. The molecule has 36 heavy (non-hydrogen) atoms. The summed E-state index contributed by atoms with van der Waals surface area (Å²) in [5.41, 5.74) is 6.56. The number of amides is 1. The summed E-state index contributed by atoms with van der Waals surface area (Å²) in [5, 5.41) is 3.23. The van der Waals surface area contributed by atoms with Gasteiger partial charge in [-0.3, -0.25) is 19.4 Å². The van der Waals surface area contributed by atoms with Crippen LogP contribution >= 0.6 is 11.6 Å². The summed E-state index contributed by atoms with van der Waals surface area (Å²) in [5.74, 6) is 0.0266. The second-order valence-electron chi connectivity index (χ2n) is 9.89. The highest BCUT2D eigenvalue weighted by atomic mass is 35.5. The topological polar surface area (TPSA) is 106 Å². The summed E-state index contributed by atoms with van der Waals surface area (Å²) in [6, 6.07) is 3.81. The van der Waals surface area contributed by atoms with Crippen molar-refractivity contribution in [3.8, 4) is 5.75 Å². The van der Waals surface area contributed by atoms with Crippen LogP contribution in [0.25, 0.3) is 0 Å². The molecule has 1 amide bonds. The zero-order valence-electron chi connectivity index (χ0n) is 21.2. The van der Waals surface area contributed by atoms with Crippen LogP contribution in [0.3, 0.4) is 0 Å². The van der Waals surface area contributed by atoms with Gasteiger partial charge < -0.3 is 25.3 Å². The van der Waals surface area contributed by atoms with E-state index in [4.69, 9.17) is 31.5 Å². The van der Waals surface area contributed by atoms with E-state index in [0.717, 1.165) is 45.4 Å². The largest absolute Gasteiger partial charge is 0.493 e. The van der Waals surface area contributed by atoms with Crippen molar-refractivity contribution < 1.29 is 23.8 Å². The zero-order valence-corrected chi connectivity index (χ0v) is 21.9. The summed E-state index contributed by atoms with van der Waals surface area (Å²) in [7, 11) is 0. The highest BCUT2D eigenvalue weighted by molar-refractivity contribution is 6.33. The Hall–Kier alpha value is -2.07. The van der Waals surface area contributed by atoms with Crippen molar-refractivity contribution in [2.45, 2.75) is 63.7 Å². The SMILES string of the molecule is CCOc1cc(N)c(Cl)cc1C(=O)NCC1CN(CCCC(=O)OC2CCCC3CCN3C2)CCO1. The van der Waals surface area contributed by atoms with Crippen LogP contribution in [-0.4, -0.2) is 92.4 Å². The lowest BCUT2D eigenvalue weighted by atomic mass is 10.00. The van der Waals surface area contributed by atoms with Crippen molar-refractivity contribution in [3.05, 3.63) is 22.7 Å². The average molecular weight is 523 g/mol. The quantitative estimate of drug-likeness (QED) is 0.357. The molecule has 0 aromatic heterocycles. The molecule has 3 heterocycles. The third-order valence-electron chi connectivity index (χ3n) is 7.28. The number of nitrogens with two attached hydrogens (primary N) is 1. The van der Waals surface area contributed by atoms with E-state index in [9.17, 15) is 9.59 Å². The van der Waals surface area contributed by atoms with E-state index in [0.29, 0.717) is 60.8 Å². The monoisotopic (exact) mass is 522 g/mol. The Labute approximate surface area is 218 Å². The molecule has 0 radical (unpaired) electrons. The smallest absolute Gasteiger partial charge is 0.306 e. The average Bonchev–Trinajstić information content (AvgIpc) is 2.98. The van der Waals surface area contributed by atoms with E-state index >= 15 is 0 Å². The van der Waals surface area contributed by atoms with Gasteiger partial charge in [0.1, 0.15) is 11.9 Å². The van der Waals surface area contributed by atoms with Crippen LogP contribution in [0.1, 0.15) is 55.8 Å².